The van der Waals surface area contributed by atoms with E-state index in [9.17, 15) is 0 Å². The lowest BCUT2D eigenvalue weighted by Crippen LogP contribution is -2.32. The minimum absolute atomic E-state index is 0.0370. The van der Waals surface area contributed by atoms with Crippen LogP contribution < -0.4 is 5.46 Å². The summed E-state index contributed by atoms with van der Waals surface area (Å²) >= 11 is 0. The van der Waals surface area contributed by atoms with E-state index in [0.29, 0.717) is 0 Å². The summed E-state index contributed by atoms with van der Waals surface area (Å²) in [7, 11) is 5.83. The van der Waals surface area contributed by atoms with Crippen LogP contribution in [-0.2, 0) is 10.8 Å². The molecule has 5 heteroatoms. The second-order valence-electron chi connectivity index (χ2n) is 9.04. The molecular weight excluding hydrogens is 403 g/mol. The molecule has 3 rings (SSSR count). The number of benzene rings is 1. The molecule has 33 heavy (non-hydrogen) atoms. The van der Waals surface area contributed by atoms with E-state index in [2.05, 4.69) is 47.6 Å². The van der Waals surface area contributed by atoms with E-state index in [1.54, 1.807) is 0 Å². The smallest absolute Gasteiger partial charge is 0.164 e. The lowest BCUT2D eigenvalue weighted by atomic mass is 9.77. The Hall–Kier alpha value is -2.56. The SMILES string of the molecule is [B]c1ccc(-c2ccc(-c3nc(C(CC)(CC)CC)nc(C(CC)(CC)CC)n3)cn2)cc1. The zero-order valence-corrected chi connectivity index (χ0v) is 21.2. The van der Waals surface area contributed by atoms with Gasteiger partial charge in [-0.15, -0.1) is 0 Å². The van der Waals surface area contributed by atoms with Gasteiger partial charge in [0.25, 0.3) is 0 Å². The van der Waals surface area contributed by atoms with E-state index in [1.165, 1.54) is 0 Å². The van der Waals surface area contributed by atoms with Crippen molar-refractivity contribution in [3.8, 4) is 22.6 Å². The van der Waals surface area contributed by atoms with Crippen LogP contribution in [0.4, 0.5) is 0 Å². The van der Waals surface area contributed by atoms with Crippen LogP contribution in [0.5, 0.6) is 0 Å². The molecule has 0 aliphatic carbocycles. The number of hydrogen-bond acceptors (Lipinski definition) is 4. The second-order valence-corrected chi connectivity index (χ2v) is 9.04. The number of nitrogens with zero attached hydrogens (tertiary/aromatic N) is 4. The molecule has 0 bridgehead atoms. The molecule has 0 fully saturated rings. The summed E-state index contributed by atoms with van der Waals surface area (Å²) in [5.41, 5.74) is 3.54. The highest BCUT2D eigenvalue weighted by atomic mass is 15.1. The van der Waals surface area contributed by atoms with Crippen molar-refractivity contribution >= 4 is 13.3 Å². The average Bonchev–Trinajstić information content (AvgIpc) is 2.87. The first kappa shape index (κ1) is 25.1. The molecule has 0 aliphatic heterocycles. The van der Waals surface area contributed by atoms with E-state index < -0.39 is 0 Å². The van der Waals surface area contributed by atoms with Crippen molar-refractivity contribution in [3.63, 3.8) is 0 Å². The van der Waals surface area contributed by atoms with Gasteiger partial charge in [-0.1, -0.05) is 71.3 Å². The Kier molecular flexibility index (Phi) is 8.04. The zero-order chi connectivity index (χ0) is 24.1. The van der Waals surface area contributed by atoms with Gasteiger partial charge in [0.1, 0.15) is 19.5 Å². The van der Waals surface area contributed by atoms with Gasteiger partial charge in [0.05, 0.1) is 5.69 Å². The van der Waals surface area contributed by atoms with E-state index >= 15 is 0 Å². The Morgan fingerprint density at radius 1 is 0.606 bits per heavy atom. The fraction of sp³-hybridized carbons (Fsp3) is 0.500. The highest BCUT2D eigenvalue weighted by Crippen LogP contribution is 2.38. The Bertz CT molecular complexity index is 982. The minimum Gasteiger partial charge on any atom is -0.255 e. The highest BCUT2D eigenvalue weighted by Gasteiger charge is 2.35. The normalized spacial score (nSPS) is 12.2. The first-order valence-electron chi connectivity index (χ1n) is 12.5. The molecule has 3 aromatic rings. The Labute approximate surface area is 201 Å². The third kappa shape index (κ3) is 4.88. The van der Waals surface area contributed by atoms with E-state index in [4.69, 9.17) is 27.8 Å². The topological polar surface area (TPSA) is 51.6 Å². The molecule has 2 aromatic heterocycles. The standard InChI is InChI=1S/C28H37BN4/c1-7-27(8-2,9-3)25-31-24(32-26(33-25)28(10-4,11-5)12-6)21-15-18-23(30-19-21)20-13-16-22(29)17-14-20/h13-19H,7-12H2,1-6H3. The molecule has 2 radical (unpaired) electrons. The predicted octanol–water partition coefficient (Wildman–Crippen LogP) is 6.33. The van der Waals surface area contributed by atoms with Crippen LogP contribution in [0.25, 0.3) is 22.6 Å². The van der Waals surface area contributed by atoms with Gasteiger partial charge < -0.3 is 0 Å². The van der Waals surface area contributed by atoms with Crippen LogP contribution in [0.2, 0.25) is 0 Å². The molecule has 2 heterocycles. The molecule has 0 saturated heterocycles. The van der Waals surface area contributed by atoms with Crippen molar-refractivity contribution in [2.24, 2.45) is 0 Å². The van der Waals surface area contributed by atoms with Crippen molar-refractivity contribution in [2.45, 2.75) is 90.9 Å². The predicted molar refractivity (Wildman–Crippen MR) is 139 cm³/mol. The molecule has 0 amide bonds. The molecule has 1 aromatic carbocycles. The van der Waals surface area contributed by atoms with Crippen molar-refractivity contribution in [2.75, 3.05) is 0 Å². The average molecular weight is 440 g/mol. The molecular formula is C28H37BN4. The fourth-order valence-electron chi connectivity index (χ4n) is 4.78. The number of hydrogen-bond donors (Lipinski definition) is 0. The maximum atomic E-state index is 5.83. The number of pyridine rings is 1. The number of rotatable bonds is 10. The summed E-state index contributed by atoms with van der Waals surface area (Å²) in [6.07, 6.45) is 7.93. The van der Waals surface area contributed by atoms with Gasteiger partial charge >= 0.3 is 0 Å². The van der Waals surface area contributed by atoms with Crippen LogP contribution >= 0.6 is 0 Å². The summed E-state index contributed by atoms with van der Waals surface area (Å²) in [4.78, 5) is 19.9. The summed E-state index contributed by atoms with van der Waals surface area (Å²) in [6.45, 7) is 13.5. The van der Waals surface area contributed by atoms with Crippen LogP contribution in [0.15, 0.2) is 42.6 Å². The maximum absolute atomic E-state index is 5.83. The van der Waals surface area contributed by atoms with Gasteiger partial charge in [-0.25, -0.2) is 15.0 Å². The van der Waals surface area contributed by atoms with Crippen LogP contribution in [0, 0.1) is 0 Å². The molecule has 4 nitrogen and oxygen atoms in total. The maximum Gasteiger partial charge on any atom is 0.164 e. The molecule has 172 valence electrons. The lowest BCUT2D eigenvalue weighted by Gasteiger charge is -2.33. The van der Waals surface area contributed by atoms with Crippen LogP contribution in [0.3, 0.4) is 0 Å². The van der Waals surface area contributed by atoms with Gasteiger partial charge in [0.2, 0.25) is 0 Å². The zero-order valence-electron chi connectivity index (χ0n) is 21.2. The van der Waals surface area contributed by atoms with Gasteiger partial charge in [0, 0.05) is 28.2 Å². The van der Waals surface area contributed by atoms with Gasteiger partial charge in [-0.05, 0) is 50.7 Å². The van der Waals surface area contributed by atoms with Crippen molar-refractivity contribution in [3.05, 3.63) is 54.2 Å². The minimum atomic E-state index is -0.0370. The monoisotopic (exact) mass is 440 g/mol. The van der Waals surface area contributed by atoms with Gasteiger partial charge in [0.15, 0.2) is 5.82 Å². The quantitative estimate of drug-likeness (QED) is 0.346. The molecule has 0 aliphatic rings. The Morgan fingerprint density at radius 2 is 1.06 bits per heavy atom. The van der Waals surface area contributed by atoms with Crippen molar-refractivity contribution < 1.29 is 0 Å². The molecule has 0 spiro atoms. The van der Waals surface area contributed by atoms with E-state index in [1.807, 2.05) is 36.5 Å². The first-order chi connectivity index (χ1) is 15.9. The summed E-state index contributed by atoms with van der Waals surface area (Å²) in [5, 5.41) is 0. The van der Waals surface area contributed by atoms with E-state index in [-0.39, 0.29) is 10.8 Å². The van der Waals surface area contributed by atoms with E-state index in [0.717, 1.165) is 78.3 Å². The van der Waals surface area contributed by atoms with Crippen LogP contribution in [0.1, 0.15) is 91.7 Å². The number of aromatic nitrogens is 4. The molecule has 0 atom stereocenters. The van der Waals surface area contributed by atoms with Crippen LogP contribution in [-0.4, -0.2) is 27.8 Å². The fourth-order valence-corrected chi connectivity index (χ4v) is 4.78. The molecule has 0 unspecified atom stereocenters. The molecule has 0 N–H and O–H groups in total. The summed E-state index contributed by atoms with van der Waals surface area (Å²) in [5.74, 6) is 2.58. The summed E-state index contributed by atoms with van der Waals surface area (Å²) in [6, 6.07) is 11.9. The van der Waals surface area contributed by atoms with Crippen molar-refractivity contribution in [1.82, 2.24) is 19.9 Å². The Balaban J connectivity index is 2.15. The molecule has 0 saturated carbocycles. The largest absolute Gasteiger partial charge is 0.255 e. The highest BCUT2D eigenvalue weighted by molar-refractivity contribution is 6.32. The van der Waals surface area contributed by atoms with Gasteiger partial charge in [-0.3, -0.25) is 4.98 Å². The van der Waals surface area contributed by atoms with Gasteiger partial charge in [-0.2, -0.15) is 0 Å². The third-order valence-corrected chi connectivity index (χ3v) is 7.87. The summed E-state index contributed by atoms with van der Waals surface area (Å²) < 4.78 is 0. The third-order valence-electron chi connectivity index (χ3n) is 7.87. The lowest BCUT2D eigenvalue weighted by molar-refractivity contribution is 0.330. The van der Waals surface area contributed by atoms with Crippen molar-refractivity contribution in [1.29, 1.82) is 0 Å². The Morgan fingerprint density at radius 3 is 1.45 bits per heavy atom. The first-order valence-corrected chi connectivity index (χ1v) is 12.5. The second kappa shape index (κ2) is 10.6.